The van der Waals surface area contributed by atoms with Crippen LogP contribution < -0.4 is 0 Å². The summed E-state index contributed by atoms with van der Waals surface area (Å²) in [5, 5.41) is 1.65. The summed E-state index contributed by atoms with van der Waals surface area (Å²) in [6.45, 7) is 5.64. The molecule has 0 N–H and O–H groups in total. The maximum absolute atomic E-state index is 12.1. The van der Waals surface area contributed by atoms with Crippen LogP contribution in [0.15, 0.2) is 30.5 Å². The minimum Gasteiger partial charge on any atom is -0.346 e. The van der Waals surface area contributed by atoms with Gasteiger partial charge in [0.2, 0.25) is 0 Å². The number of nitrogens with zero attached hydrogens (tertiary/aromatic N) is 1. The number of halogens is 1. The van der Waals surface area contributed by atoms with Crippen LogP contribution in [0.1, 0.15) is 20.8 Å². The van der Waals surface area contributed by atoms with Gasteiger partial charge in [-0.3, -0.25) is 0 Å². The van der Waals surface area contributed by atoms with Crippen molar-refractivity contribution in [3.63, 3.8) is 0 Å². The Kier molecular flexibility index (Phi) is 3.67. The van der Waals surface area contributed by atoms with Crippen molar-refractivity contribution in [3.8, 4) is 0 Å². The maximum Gasteiger partial charge on any atom is 0.156 e. The molecule has 0 atom stereocenters. The summed E-state index contributed by atoms with van der Waals surface area (Å²) >= 11 is 6.10. The van der Waals surface area contributed by atoms with E-state index in [2.05, 4.69) is 0 Å². The first-order chi connectivity index (χ1) is 8.72. The molecular formula is C14H18ClNO2S. The Hall–Kier alpha value is -1.00. The molecule has 0 aliphatic carbocycles. The number of aryl methyl sites for hydroxylation is 1. The molecular weight excluding hydrogens is 282 g/mol. The zero-order valence-corrected chi connectivity index (χ0v) is 12.9. The van der Waals surface area contributed by atoms with E-state index in [0.29, 0.717) is 11.6 Å². The second-order valence-electron chi connectivity index (χ2n) is 5.61. The summed E-state index contributed by atoms with van der Waals surface area (Å²) < 4.78 is 25.4. The van der Waals surface area contributed by atoms with E-state index in [1.165, 1.54) is 0 Å². The lowest BCUT2D eigenvalue weighted by molar-refractivity contribution is 0.555. The summed E-state index contributed by atoms with van der Waals surface area (Å²) in [6.07, 6.45) is 1.88. The van der Waals surface area contributed by atoms with Crippen LogP contribution in [0, 0.1) is 0 Å². The molecule has 0 bridgehead atoms. The third-order valence-corrected chi connectivity index (χ3v) is 6.21. The largest absolute Gasteiger partial charge is 0.346 e. The highest BCUT2D eigenvalue weighted by atomic mass is 35.5. The van der Waals surface area contributed by atoms with Gasteiger partial charge in [0.25, 0.3) is 0 Å². The van der Waals surface area contributed by atoms with E-state index in [-0.39, 0.29) is 5.75 Å². The van der Waals surface area contributed by atoms with E-state index in [0.717, 1.165) is 10.9 Å². The normalized spacial score (nSPS) is 13.1. The molecule has 0 spiro atoms. The lowest BCUT2D eigenvalue weighted by Crippen LogP contribution is -2.31. The first-order valence-electron chi connectivity index (χ1n) is 6.18. The average molecular weight is 300 g/mol. The fraction of sp³-hybridized carbons (Fsp3) is 0.429. The van der Waals surface area contributed by atoms with Crippen LogP contribution in [0.4, 0.5) is 0 Å². The summed E-state index contributed by atoms with van der Waals surface area (Å²) in [5.74, 6) is 0.132. The van der Waals surface area contributed by atoms with Crippen molar-refractivity contribution < 1.29 is 8.42 Å². The Morgan fingerprint density at radius 2 is 1.89 bits per heavy atom. The van der Waals surface area contributed by atoms with E-state index in [1.54, 1.807) is 20.8 Å². The summed E-state index contributed by atoms with van der Waals surface area (Å²) in [4.78, 5) is 0. The molecule has 0 saturated heterocycles. The van der Waals surface area contributed by atoms with Crippen LogP contribution in [0.25, 0.3) is 10.9 Å². The van der Waals surface area contributed by atoms with E-state index in [9.17, 15) is 8.42 Å². The highest BCUT2D eigenvalue weighted by Crippen LogP contribution is 2.24. The minimum atomic E-state index is -3.11. The van der Waals surface area contributed by atoms with Gasteiger partial charge in [-0.05, 0) is 39.0 Å². The molecule has 0 aliphatic heterocycles. The van der Waals surface area contributed by atoms with Crippen LogP contribution in [0.2, 0.25) is 5.02 Å². The monoisotopic (exact) mass is 299 g/mol. The fourth-order valence-electron chi connectivity index (χ4n) is 1.91. The third-order valence-electron chi connectivity index (χ3n) is 3.29. The smallest absolute Gasteiger partial charge is 0.156 e. The molecule has 0 radical (unpaired) electrons. The Morgan fingerprint density at radius 1 is 1.21 bits per heavy atom. The van der Waals surface area contributed by atoms with Gasteiger partial charge in [0.05, 0.1) is 10.5 Å². The number of hydrogen-bond donors (Lipinski definition) is 0. The molecule has 0 amide bonds. The Morgan fingerprint density at radius 3 is 2.53 bits per heavy atom. The molecule has 1 aromatic heterocycles. The van der Waals surface area contributed by atoms with Crippen molar-refractivity contribution >= 4 is 32.3 Å². The molecule has 5 heteroatoms. The first kappa shape index (κ1) is 14.4. The quantitative estimate of drug-likeness (QED) is 0.870. The van der Waals surface area contributed by atoms with Crippen LogP contribution in [0.3, 0.4) is 0 Å². The first-order valence-corrected chi connectivity index (χ1v) is 8.21. The van der Waals surface area contributed by atoms with Crippen LogP contribution >= 0.6 is 11.6 Å². The third kappa shape index (κ3) is 2.79. The minimum absolute atomic E-state index is 0.132. The summed E-state index contributed by atoms with van der Waals surface area (Å²) in [6, 6.07) is 7.58. The standard InChI is InChI=1S/C14H18ClNO2S/c1-14(2,3)19(17,18)10-9-16-8-7-11-12(15)5-4-6-13(11)16/h4-8H,9-10H2,1-3H3. The lowest BCUT2D eigenvalue weighted by Gasteiger charge is -2.19. The molecule has 0 fully saturated rings. The van der Waals surface area contributed by atoms with Crippen molar-refractivity contribution in [2.45, 2.75) is 32.1 Å². The highest BCUT2D eigenvalue weighted by molar-refractivity contribution is 7.92. The van der Waals surface area contributed by atoms with Gasteiger partial charge >= 0.3 is 0 Å². The van der Waals surface area contributed by atoms with E-state index in [4.69, 9.17) is 11.6 Å². The van der Waals surface area contributed by atoms with Crippen LogP contribution in [0.5, 0.6) is 0 Å². The summed E-state index contributed by atoms with van der Waals surface area (Å²) in [7, 11) is -3.11. The lowest BCUT2D eigenvalue weighted by atomic mass is 10.2. The van der Waals surface area contributed by atoms with Crippen LogP contribution in [-0.2, 0) is 16.4 Å². The molecule has 19 heavy (non-hydrogen) atoms. The summed E-state index contributed by atoms with van der Waals surface area (Å²) in [5.41, 5.74) is 0.969. The van der Waals surface area contributed by atoms with Gasteiger partial charge in [0, 0.05) is 28.7 Å². The van der Waals surface area contributed by atoms with Crippen molar-refractivity contribution in [1.29, 1.82) is 0 Å². The van der Waals surface area contributed by atoms with E-state index in [1.807, 2.05) is 35.0 Å². The number of hydrogen-bond acceptors (Lipinski definition) is 2. The van der Waals surface area contributed by atoms with Gasteiger partial charge in [0.15, 0.2) is 9.84 Å². The number of rotatable bonds is 3. The van der Waals surface area contributed by atoms with Gasteiger partial charge in [0.1, 0.15) is 0 Å². The second kappa shape index (κ2) is 4.84. The zero-order chi connectivity index (χ0) is 14.3. The van der Waals surface area contributed by atoms with E-state index >= 15 is 0 Å². The molecule has 2 rings (SSSR count). The van der Waals surface area contributed by atoms with Gasteiger partial charge in [-0.1, -0.05) is 17.7 Å². The Labute approximate surface area is 119 Å². The number of fused-ring (bicyclic) bond motifs is 1. The second-order valence-corrected chi connectivity index (χ2v) is 8.88. The van der Waals surface area contributed by atoms with Crippen LogP contribution in [-0.4, -0.2) is 23.5 Å². The maximum atomic E-state index is 12.1. The number of benzene rings is 1. The molecule has 104 valence electrons. The number of sulfone groups is 1. The molecule has 0 aliphatic rings. The molecule has 3 nitrogen and oxygen atoms in total. The average Bonchev–Trinajstić information content (AvgIpc) is 2.70. The van der Waals surface area contributed by atoms with Gasteiger partial charge in [-0.25, -0.2) is 8.42 Å². The topological polar surface area (TPSA) is 39.1 Å². The number of aromatic nitrogens is 1. The predicted octanol–water partition coefficient (Wildman–Crippen LogP) is 3.51. The van der Waals surface area contributed by atoms with Crippen molar-refractivity contribution in [2.24, 2.45) is 0 Å². The van der Waals surface area contributed by atoms with Gasteiger partial charge < -0.3 is 4.57 Å². The molecule has 2 aromatic rings. The molecule has 0 unspecified atom stereocenters. The molecule has 0 saturated carbocycles. The van der Waals surface area contributed by atoms with Gasteiger partial charge in [-0.15, -0.1) is 0 Å². The van der Waals surface area contributed by atoms with Crippen molar-refractivity contribution in [1.82, 2.24) is 4.57 Å². The highest BCUT2D eigenvalue weighted by Gasteiger charge is 2.28. The molecule has 1 heterocycles. The zero-order valence-electron chi connectivity index (χ0n) is 11.4. The SMILES string of the molecule is CC(C)(C)S(=O)(=O)CCn1ccc2c(Cl)cccc21. The van der Waals surface area contributed by atoms with Crippen molar-refractivity contribution in [3.05, 3.63) is 35.5 Å². The Balaban J connectivity index is 2.27. The Bertz CT molecular complexity index is 696. The molecule has 1 aromatic carbocycles. The predicted molar refractivity (Wildman–Crippen MR) is 80.5 cm³/mol. The van der Waals surface area contributed by atoms with E-state index < -0.39 is 14.6 Å². The van der Waals surface area contributed by atoms with Gasteiger partial charge in [-0.2, -0.15) is 0 Å². The fourth-order valence-corrected chi connectivity index (χ4v) is 3.19. The van der Waals surface area contributed by atoms with Crippen molar-refractivity contribution in [2.75, 3.05) is 5.75 Å².